The van der Waals surface area contributed by atoms with Crippen LogP contribution < -0.4 is 20.7 Å². The molecule has 3 N–H and O–H groups in total. The van der Waals surface area contributed by atoms with Gasteiger partial charge in [-0.3, -0.25) is 4.79 Å². The summed E-state index contributed by atoms with van der Waals surface area (Å²) in [6.07, 6.45) is -1.05. The van der Waals surface area contributed by atoms with Crippen LogP contribution in [0.25, 0.3) is 0 Å². The number of ether oxygens (including phenoxy) is 1. The summed E-state index contributed by atoms with van der Waals surface area (Å²) >= 11 is 23.2. The fourth-order valence-corrected chi connectivity index (χ4v) is 2.74. The maximum Gasteiger partial charge on any atom is 0.252 e. The number of halogens is 3. The molecule has 0 aliphatic heterocycles. The Labute approximate surface area is 178 Å². The van der Waals surface area contributed by atoms with Gasteiger partial charge in [-0.2, -0.15) is 0 Å². The van der Waals surface area contributed by atoms with E-state index in [1.165, 1.54) is 0 Å². The summed E-state index contributed by atoms with van der Waals surface area (Å²) in [6.45, 7) is 1.88. The average Bonchev–Trinajstić information content (AvgIpc) is 2.61. The maximum absolute atomic E-state index is 12.5. The van der Waals surface area contributed by atoms with Gasteiger partial charge in [0.05, 0.1) is 7.11 Å². The molecule has 0 saturated carbocycles. The van der Waals surface area contributed by atoms with E-state index in [9.17, 15) is 4.79 Å². The van der Waals surface area contributed by atoms with Crippen LogP contribution in [-0.2, 0) is 0 Å². The highest BCUT2D eigenvalue weighted by Gasteiger charge is 2.34. The van der Waals surface area contributed by atoms with Crippen LogP contribution in [0.15, 0.2) is 48.5 Å². The molecule has 0 spiro atoms. The molecule has 0 aromatic heterocycles. The molecule has 0 bridgehead atoms. The number of benzene rings is 2. The Morgan fingerprint density at radius 1 is 1.11 bits per heavy atom. The second kappa shape index (κ2) is 9.46. The number of rotatable bonds is 5. The van der Waals surface area contributed by atoms with Crippen molar-refractivity contribution in [1.82, 2.24) is 10.6 Å². The van der Waals surface area contributed by atoms with Gasteiger partial charge in [0.15, 0.2) is 5.11 Å². The van der Waals surface area contributed by atoms with E-state index >= 15 is 0 Å². The van der Waals surface area contributed by atoms with Crippen molar-refractivity contribution < 1.29 is 9.53 Å². The van der Waals surface area contributed by atoms with Crippen molar-refractivity contribution in [2.45, 2.75) is 16.9 Å². The third kappa shape index (κ3) is 6.74. The predicted molar refractivity (Wildman–Crippen MR) is 115 cm³/mol. The number of anilines is 1. The number of amides is 1. The molecule has 1 unspecified atom stereocenters. The Hall–Kier alpha value is -1.73. The number of hydrogen-bond acceptors (Lipinski definition) is 3. The first-order valence-electron chi connectivity index (χ1n) is 7.85. The van der Waals surface area contributed by atoms with Crippen LogP contribution in [0.1, 0.15) is 15.9 Å². The van der Waals surface area contributed by atoms with E-state index in [-0.39, 0.29) is 5.11 Å². The topological polar surface area (TPSA) is 62.4 Å². The highest BCUT2D eigenvalue weighted by molar-refractivity contribution is 7.80. The molecule has 0 fully saturated rings. The molecule has 5 nitrogen and oxygen atoms in total. The molecule has 0 aliphatic rings. The zero-order valence-electron chi connectivity index (χ0n) is 14.6. The SMILES string of the molecule is COc1ccc(NC(=S)NC(NC(=O)c2cccc(C)c2)C(Cl)(Cl)Cl)cc1. The number of aryl methyl sites for hydroxylation is 1. The Bertz CT molecular complexity index is 810. The van der Waals surface area contributed by atoms with Gasteiger partial charge in [-0.1, -0.05) is 52.5 Å². The second-order valence-corrected chi connectivity index (χ2v) is 8.42. The summed E-state index contributed by atoms with van der Waals surface area (Å²) in [4.78, 5) is 12.5. The summed E-state index contributed by atoms with van der Waals surface area (Å²) < 4.78 is 3.27. The van der Waals surface area contributed by atoms with Gasteiger partial charge in [0, 0.05) is 11.3 Å². The number of nitrogens with one attached hydrogen (secondary N) is 3. The van der Waals surface area contributed by atoms with Crippen molar-refractivity contribution in [3.63, 3.8) is 0 Å². The molecule has 27 heavy (non-hydrogen) atoms. The van der Waals surface area contributed by atoms with Crippen LogP contribution in [0, 0.1) is 6.92 Å². The van der Waals surface area contributed by atoms with Crippen molar-refractivity contribution in [1.29, 1.82) is 0 Å². The highest BCUT2D eigenvalue weighted by Crippen LogP contribution is 2.29. The highest BCUT2D eigenvalue weighted by atomic mass is 35.6. The molecule has 2 rings (SSSR count). The van der Waals surface area contributed by atoms with E-state index in [1.807, 2.05) is 13.0 Å². The van der Waals surface area contributed by atoms with E-state index in [1.54, 1.807) is 49.6 Å². The van der Waals surface area contributed by atoms with Gasteiger partial charge < -0.3 is 20.7 Å². The molecule has 2 aromatic rings. The van der Waals surface area contributed by atoms with Crippen molar-refractivity contribution in [3.8, 4) is 5.75 Å². The molecule has 9 heteroatoms. The molecule has 1 atom stereocenters. The molecule has 1 amide bonds. The van der Waals surface area contributed by atoms with E-state index in [0.717, 1.165) is 5.56 Å². The molecule has 0 heterocycles. The normalized spacial score (nSPS) is 12.0. The zero-order chi connectivity index (χ0) is 20.0. The van der Waals surface area contributed by atoms with Crippen molar-refractivity contribution in [3.05, 3.63) is 59.7 Å². The molecular weight excluding hydrogens is 429 g/mol. The van der Waals surface area contributed by atoms with Crippen LogP contribution in [0.2, 0.25) is 0 Å². The van der Waals surface area contributed by atoms with Gasteiger partial charge in [-0.05, 0) is 55.5 Å². The molecular formula is C18H18Cl3N3O2S. The average molecular weight is 447 g/mol. The quantitative estimate of drug-likeness (QED) is 0.361. The van der Waals surface area contributed by atoms with Crippen molar-refractivity contribution >= 4 is 63.7 Å². The molecule has 0 aliphatic carbocycles. The Morgan fingerprint density at radius 3 is 2.33 bits per heavy atom. The van der Waals surface area contributed by atoms with E-state index < -0.39 is 15.9 Å². The van der Waals surface area contributed by atoms with Crippen molar-refractivity contribution in [2.24, 2.45) is 0 Å². The van der Waals surface area contributed by atoms with E-state index in [2.05, 4.69) is 16.0 Å². The maximum atomic E-state index is 12.5. The predicted octanol–water partition coefficient (Wildman–Crippen LogP) is 4.42. The first-order chi connectivity index (χ1) is 12.7. The van der Waals surface area contributed by atoms with E-state index in [0.29, 0.717) is 17.0 Å². The van der Waals surface area contributed by atoms with Crippen LogP contribution in [-0.4, -0.2) is 28.1 Å². The summed E-state index contributed by atoms with van der Waals surface area (Å²) in [5, 5.41) is 8.59. The number of alkyl halides is 3. The number of carbonyl (C=O) groups excluding carboxylic acids is 1. The largest absolute Gasteiger partial charge is 0.497 e. The summed E-state index contributed by atoms with van der Waals surface area (Å²) in [7, 11) is 1.58. The third-order valence-corrected chi connectivity index (χ3v) is 4.38. The molecule has 144 valence electrons. The van der Waals surface area contributed by atoms with Gasteiger partial charge in [0.1, 0.15) is 11.9 Å². The van der Waals surface area contributed by atoms with Gasteiger partial charge >= 0.3 is 0 Å². The minimum absolute atomic E-state index is 0.182. The van der Waals surface area contributed by atoms with Crippen LogP contribution >= 0.6 is 47.0 Å². The standard InChI is InChI=1S/C18H18Cl3N3O2S/c1-11-4-3-5-12(10-11)15(25)23-16(18(19,20)21)24-17(27)22-13-6-8-14(26-2)9-7-13/h3-10,16H,1-2H3,(H,23,25)(H2,22,24,27). The fraction of sp³-hybridized carbons (Fsp3) is 0.222. The fourth-order valence-electron chi connectivity index (χ4n) is 2.17. The van der Waals surface area contributed by atoms with Crippen molar-refractivity contribution in [2.75, 3.05) is 12.4 Å². The number of hydrogen-bond donors (Lipinski definition) is 3. The lowest BCUT2D eigenvalue weighted by molar-refractivity contribution is 0.0934. The van der Waals surface area contributed by atoms with Gasteiger partial charge in [-0.15, -0.1) is 0 Å². The van der Waals surface area contributed by atoms with Gasteiger partial charge in [0.25, 0.3) is 5.91 Å². The zero-order valence-corrected chi connectivity index (χ0v) is 17.6. The third-order valence-electron chi connectivity index (χ3n) is 3.51. The van der Waals surface area contributed by atoms with Crippen LogP contribution in [0.4, 0.5) is 5.69 Å². The first-order valence-corrected chi connectivity index (χ1v) is 9.39. The lowest BCUT2D eigenvalue weighted by Gasteiger charge is -2.27. The Kier molecular flexibility index (Phi) is 7.56. The van der Waals surface area contributed by atoms with Gasteiger partial charge in [0.2, 0.25) is 3.79 Å². The molecule has 0 radical (unpaired) electrons. The van der Waals surface area contributed by atoms with E-state index in [4.69, 9.17) is 51.8 Å². The number of carbonyl (C=O) groups is 1. The number of thiocarbonyl (C=S) groups is 1. The van der Waals surface area contributed by atoms with Gasteiger partial charge in [-0.25, -0.2) is 0 Å². The van der Waals surface area contributed by atoms with Crippen LogP contribution in [0.3, 0.4) is 0 Å². The smallest absolute Gasteiger partial charge is 0.252 e. The summed E-state index contributed by atoms with van der Waals surface area (Å²) in [6, 6.07) is 14.2. The van der Waals surface area contributed by atoms with Crippen LogP contribution in [0.5, 0.6) is 5.75 Å². The Balaban J connectivity index is 2.05. The Morgan fingerprint density at radius 2 is 1.78 bits per heavy atom. The lowest BCUT2D eigenvalue weighted by Crippen LogP contribution is -2.56. The minimum Gasteiger partial charge on any atom is -0.497 e. The summed E-state index contributed by atoms with van der Waals surface area (Å²) in [5.41, 5.74) is 2.10. The summed E-state index contributed by atoms with van der Waals surface area (Å²) in [5.74, 6) is 0.318. The monoisotopic (exact) mass is 445 g/mol. The molecule has 0 saturated heterocycles. The number of methoxy groups -OCH3 is 1. The minimum atomic E-state index is -1.83. The second-order valence-electron chi connectivity index (χ2n) is 5.64. The first kappa shape index (κ1) is 21.6. The molecule has 2 aromatic carbocycles. The lowest BCUT2D eigenvalue weighted by atomic mass is 10.1.